The van der Waals surface area contributed by atoms with Crippen LogP contribution in [-0.2, 0) is 0 Å². The monoisotopic (exact) mass is 305 g/mol. The second-order valence-electron chi connectivity index (χ2n) is 4.21. The summed E-state index contributed by atoms with van der Waals surface area (Å²) in [4.78, 5) is 11.7. The molecule has 0 atom stereocenters. The Morgan fingerprint density at radius 2 is 1.55 bits per heavy atom. The van der Waals surface area contributed by atoms with Crippen LogP contribution in [0, 0.1) is 6.92 Å². The summed E-state index contributed by atoms with van der Waals surface area (Å²) < 4.78 is 1.51. The van der Waals surface area contributed by atoms with Gasteiger partial charge in [0, 0.05) is 11.8 Å². The highest BCUT2D eigenvalue weighted by atomic mass is 35.5. The maximum absolute atomic E-state index is 5.75. The topological polar surface area (TPSA) is 56.5 Å². The molecule has 2 aromatic heterocycles. The summed E-state index contributed by atoms with van der Waals surface area (Å²) in [7, 11) is 0. The molecule has 1 aromatic carbocycles. The van der Waals surface area contributed by atoms with Gasteiger partial charge >= 0.3 is 0 Å². The molecule has 0 fully saturated rings. The lowest BCUT2D eigenvalue weighted by atomic mass is 10.1. The Morgan fingerprint density at radius 3 is 2.20 bits per heavy atom. The van der Waals surface area contributed by atoms with E-state index in [1.807, 2.05) is 37.4 Å². The quantitative estimate of drug-likeness (QED) is 0.728. The number of aryl methyl sites for hydroxylation is 1. The molecule has 100 valence electrons. The van der Waals surface area contributed by atoms with E-state index >= 15 is 0 Å². The van der Waals surface area contributed by atoms with Crippen LogP contribution >= 0.6 is 23.2 Å². The van der Waals surface area contributed by atoms with Crippen molar-refractivity contribution in [2.75, 3.05) is 0 Å². The predicted molar refractivity (Wildman–Crippen MR) is 77.1 cm³/mol. The number of nitrogens with zero attached hydrogens (tertiary/aromatic N) is 5. The molecule has 20 heavy (non-hydrogen) atoms. The van der Waals surface area contributed by atoms with Crippen molar-refractivity contribution in [2.45, 2.75) is 6.92 Å². The third kappa shape index (κ3) is 2.64. The molecule has 3 rings (SSSR count). The van der Waals surface area contributed by atoms with E-state index in [0.717, 1.165) is 11.1 Å². The van der Waals surface area contributed by atoms with Gasteiger partial charge in [-0.1, -0.05) is 29.8 Å². The van der Waals surface area contributed by atoms with E-state index in [-0.39, 0.29) is 16.5 Å². The second-order valence-corrected chi connectivity index (χ2v) is 4.89. The first-order valence-corrected chi connectivity index (χ1v) is 6.56. The van der Waals surface area contributed by atoms with E-state index in [1.54, 1.807) is 6.20 Å². The standard InChI is InChI=1S/C13H9Cl2N5/c1-8-2-4-9(5-3-8)10-6-16-20(7-10)13-18-11(14)17-12(15)19-13/h2-7H,1H3. The van der Waals surface area contributed by atoms with Gasteiger partial charge < -0.3 is 0 Å². The molecule has 0 saturated carbocycles. The summed E-state index contributed by atoms with van der Waals surface area (Å²) in [6.45, 7) is 2.04. The molecule has 0 radical (unpaired) electrons. The molecule has 0 aliphatic heterocycles. The van der Waals surface area contributed by atoms with Gasteiger partial charge in [0.2, 0.25) is 10.6 Å². The molecule has 0 aliphatic carbocycles. The van der Waals surface area contributed by atoms with Crippen molar-refractivity contribution >= 4 is 23.2 Å². The fraction of sp³-hybridized carbons (Fsp3) is 0.0769. The highest BCUT2D eigenvalue weighted by molar-refractivity contribution is 6.31. The summed E-state index contributed by atoms with van der Waals surface area (Å²) in [6.07, 6.45) is 3.54. The third-order valence-electron chi connectivity index (χ3n) is 2.74. The van der Waals surface area contributed by atoms with Crippen molar-refractivity contribution in [3.8, 4) is 17.1 Å². The molecule has 0 spiro atoms. The Kier molecular flexibility index (Phi) is 3.38. The molecule has 5 nitrogen and oxygen atoms in total. The van der Waals surface area contributed by atoms with Crippen LogP contribution in [0.15, 0.2) is 36.7 Å². The van der Waals surface area contributed by atoms with Crippen LogP contribution in [0.3, 0.4) is 0 Å². The van der Waals surface area contributed by atoms with Gasteiger partial charge in [0.1, 0.15) is 0 Å². The number of halogens is 2. The minimum Gasteiger partial charge on any atom is -0.205 e. The maximum atomic E-state index is 5.75. The van der Waals surface area contributed by atoms with Crippen molar-refractivity contribution in [1.82, 2.24) is 24.7 Å². The van der Waals surface area contributed by atoms with Crippen LogP contribution in [0.25, 0.3) is 17.1 Å². The van der Waals surface area contributed by atoms with Crippen molar-refractivity contribution in [2.24, 2.45) is 0 Å². The normalized spacial score (nSPS) is 10.8. The summed E-state index contributed by atoms with van der Waals surface area (Å²) in [5, 5.41) is 4.28. The van der Waals surface area contributed by atoms with E-state index in [2.05, 4.69) is 20.1 Å². The SMILES string of the molecule is Cc1ccc(-c2cnn(-c3nc(Cl)nc(Cl)n3)c2)cc1. The van der Waals surface area contributed by atoms with Crippen molar-refractivity contribution < 1.29 is 0 Å². The fourth-order valence-corrected chi connectivity index (χ4v) is 2.10. The zero-order chi connectivity index (χ0) is 14.1. The van der Waals surface area contributed by atoms with Crippen LogP contribution in [0.1, 0.15) is 5.56 Å². The first kappa shape index (κ1) is 13.0. The summed E-state index contributed by atoms with van der Waals surface area (Å²) in [5.74, 6) is 0.286. The van der Waals surface area contributed by atoms with Crippen molar-refractivity contribution in [1.29, 1.82) is 0 Å². The Hall–Kier alpha value is -1.98. The highest BCUT2D eigenvalue weighted by Gasteiger charge is 2.08. The average Bonchev–Trinajstić information content (AvgIpc) is 2.88. The molecule has 7 heteroatoms. The number of hydrogen-bond acceptors (Lipinski definition) is 4. The molecule has 0 bridgehead atoms. The fourth-order valence-electron chi connectivity index (χ4n) is 1.75. The van der Waals surface area contributed by atoms with Gasteiger partial charge in [-0.25, -0.2) is 4.68 Å². The van der Waals surface area contributed by atoms with E-state index in [4.69, 9.17) is 23.2 Å². The molecule has 3 aromatic rings. The molecular formula is C13H9Cl2N5. The lowest BCUT2D eigenvalue weighted by molar-refractivity contribution is 0.795. The van der Waals surface area contributed by atoms with Gasteiger partial charge in [0.05, 0.1) is 6.20 Å². The van der Waals surface area contributed by atoms with Gasteiger partial charge in [-0.3, -0.25) is 0 Å². The van der Waals surface area contributed by atoms with Gasteiger partial charge in [-0.05, 0) is 35.7 Å². The Labute approximate surface area is 125 Å². The van der Waals surface area contributed by atoms with Gasteiger partial charge in [0.25, 0.3) is 5.95 Å². The van der Waals surface area contributed by atoms with Gasteiger partial charge in [-0.15, -0.1) is 0 Å². The smallest absolute Gasteiger partial charge is 0.205 e. The third-order valence-corrected chi connectivity index (χ3v) is 3.08. The Balaban J connectivity index is 1.99. The predicted octanol–water partition coefficient (Wildman–Crippen LogP) is 3.34. The molecule has 0 aliphatic rings. The minimum atomic E-state index is 0.0346. The van der Waals surface area contributed by atoms with Gasteiger partial charge in [-0.2, -0.15) is 20.1 Å². The molecular weight excluding hydrogens is 297 g/mol. The number of rotatable bonds is 2. The summed E-state index contributed by atoms with van der Waals surface area (Å²) >= 11 is 11.5. The zero-order valence-electron chi connectivity index (χ0n) is 10.5. The number of benzene rings is 1. The molecule has 0 N–H and O–H groups in total. The van der Waals surface area contributed by atoms with Crippen molar-refractivity contribution in [3.63, 3.8) is 0 Å². The van der Waals surface area contributed by atoms with Crippen molar-refractivity contribution in [3.05, 3.63) is 52.8 Å². The lowest BCUT2D eigenvalue weighted by Crippen LogP contribution is -2.03. The van der Waals surface area contributed by atoms with Crippen LogP contribution < -0.4 is 0 Å². The van der Waals surface area contributed by atoms with E-state index in [9.17, 15) is 0 Å². The molecule has 0 saturated heterocycles. The molecule has 2 heterocycles. The average molecular weight is 306 g/mol. The van der Waals surface area contributed by atoms with E-state index < -0.39 is 0 Å². The zero-order valence-corrected chi connectivity index (χ0v) is 12.0. The highest BCUT2D eigenvalue weighted by Crippen LogP contribution is 2.20. The largest absolute Gasteiger partial charge is 0.256 e. The van der Waals surface area contributed by atoms with E-state index in [0.29, 0.717) is 0 Å². The van der Waals surface area contributed by atoms with E-state index in [1.165, 1.54) is 10.2 Å². The second kappa shape index (κ2) is 5.19. The Morgan fingerprint density at radius 1 is 0.900 bits per heavy atom. The molecule has 0 amide bonds. The summed E-state index contributed by atoms with van der Waals surface area (Å²) in [5.41, 5.74) is 3.22. The number of hydrogen-bond donors (Lipinski definition) is 0. The van der Waals surface area contributed by atoms with Crippen LogP contribution in [-0.4, -0.2) is 24.7 Å². The van der Waals surface area contributed by atoms with Crippen LogP contribution in [0.5, 0.6) is 0 Å². The lowest BCUT2D eigenvalue weighted by Gasteiger charge is -2.00. The number of aromatic nitrogens is 5. The van der Waals surface area contributed by atoms with Gasteiger partial charge in [0.15, 0.2) is 0 Å². The first-order chi connectivity index (χ1) is 9.61. The van der Waals surface area contributed by atoms with Crippen LogP contribution in [0.4, 0.5) is 0 Å². The first-order valence-electron chi connectivity index (χ1n) is 5.81. The maximum Gasteiger partial charge on any atom is 0.256 e. The summed E-state index contributed by atoms with van der Waals surface area (Å²) in [6, 6.07) is 8.15. The molecule has 0 unspecified atom stereocenters. The Bertz CT molecular complexity index is 731. The minimum absolute atomic E-state index is 0.0346. The van der Waals surface area contributed by atoms with Crippen LogP contribution in [0.2, 0.25) is 10.6 Å².